The Morgan fingerprint density at radius 3 is 2.80 bits per heavy atom. The predicted octanol–water partition coefficient (Wildman–Crippen LogP) is 1.37. The summed E-state index contributed by atoms with van der Waals surface area (Å²) in [5.41, 5.74) is 0.159. The quantitative estimate of drug-likeness (QED) is 0.699. The maximum atomic E-state index is 11.3. The maximum absolute atomic E-state index is 11.3. The van der Waals surface area contributed by atoms with Crippen molar-refractivity contribution in [2.24, 2.45) is 0 Å². The van der Waals surface area contributed by atoms with E-state index in [-0.39, 0.29) is 11.2 Å². The number of hydrogen-bond donors (Lipinski definition) is 0. The molecule has 4 heteroatoms. The second kappa shape index (κ2) is 4.61. The molecule has 1 aromatic heterocycles. The summed E-state index contributed by atoms with van der Waals surface area (Å²) >= 11 is 0. The minimum atomic E-state index is -0.425. The number of ether oxygens (including phenoxy) is 1. The Morgan fingerprint density at radius 1 is 1.33 bits per heavy atom. The van der Waals surface area contributed by atoms with Gasteiger partial charge in [0, 0.05) is 5.39 Å². The molecular weight excluding hydrogens is 196 g/mol. The average Bonchev–Trinajstić information content (AvgIpc) is 2.19. The van der Waals surface area contributed by atoms with Crippen LogP contribution in [0.4, 0.5) is 0 Å². The molecule has 4 nitrogen and oxygen atoms in total. The van der Waals surface area contributed by atoms with E-state index in [1.807, 2.05) is 25.1 Å². The van der Waals surface area contributed by atoms with E-state index in [9.17, 15) is 4.79 Å². The van der Waals surface area contributed by atoms with Gasteiger partial charge < -0.3 is 14.6 Å². The molecule has 1 aromatic carbocycles. The number of fused-ring (bicyclic) bond motifs is 1. The third-order valence-corrected chi connectivity index (χ3v) is 1.91. The van der Waals surface area contributed by atoms with Crippen molar-refractivity contribution in [3.63, 3.8) is 0 Å². The van der Waals surface area contributed by atoms with Gasteiger partial charge in [-0.3, -0.25) is 0 Å². The van der Waals surface area contributed by atoms with Crippen LogP contribution in [0, 0.1) is 0 Å². The Morgan fingerprint density at radius 2 is 2.07 bits per heavy atom. The molecule has 2 N–H and O–H groups in total. The molecule has 80 valence electrons. The molecule has 0 aliphatic carbocycles. The summed E-state index contributed by atoms with van der Waals surface area (Å²) in [4.78, 5) is 11.3. The average molecular weight is 208 g/mol. The van der Waals surface area contributed by atoms with E-state index in [0.717, 1.165) is 5.39 Å². The SMILES string of the molecule is CCOc1cc2ccccc2oc1=O.O. The molecule has 2 aromatic rings. The number of benzene rings is 1. The molecule has 0 saturated heterocycles. The van der Waals surface area contributed by atoms with Crippen LogP contribution in [0.25, 0.3) is 11.0 Å². The van der Waals surface area contributed by atoms with Crippen LogP contribution >= 0.6 is 0 Å². The summed E-state index contributed by atoms with van der Waals surface area (Å²) in [6.45, 7) is 2.29. The van der Waals surface area contributed by atoms with Crippen LogP contribution in [0.2, 0.25) is 0 Å². The zero-order valence-electron chi connectivity index (χ0n) is 8.32. The van der Waals surface area contributed by atoms with Gasteiger partial charge in [-0.05, 0) is 19.1 Å². The van der Waals surface area contributed by atoms with Crippen molar-refractivity contribution < 1.29 is 14.6 Å². The normalized spacial score (nSPS) is 9.67. The van der Waals surface area contributed by atoms with E-state index in [0.29, 0.717) is 12.2 Å². The molecule has 0 saturated carbocycles. The highest BCUT2D eigenvalue weighted by Gasteiger charge is 2.04. The van der Waals surface area contributed by atoms with Crippen LogP contribution in [0.15, 0.2) is 39.5 Å². The number of para-hydroxylation sites is 1. The van der Waals surface area contributed by atoms with Gasteiger partial charge in [0.15, 0.2) is 0 Å². The first-order valence-electron chi connectivity index (χ1n) is 4.47. The highest BCUT2D eigenvalue weighted by Crippen LogP contribution is 2.16. The molecule has 15 heavy (non-hydrogen) atoms. The lowest BCUT2D eigenvalue weighted by Gasteiger charge is -2.01. The summed E-state index contributed by atoms with van der Waals surface area (Å²) in [5, 5.41) is 0.871. The zero-order valence-corrected chi connectivity index (χ0v) is 8.32. The largest absolute Gasteiger partial charge is 0.487 e. The van der Waals surface area contributed by atoms with Crippen molar-refractivity contribution in [1.29, 1.82) is 0 Å². The van der Waals surface area contributed by atoms with Gasteiger partial charge in [0.1, 0.15) is 5.58 Å². The Balaban J connectivity index is 0.00000112. The minimum Gasteiger partial charge on any atom is -0.487 e. The predicted molar refractivity (Wildman–Crippen MR) is 57.3 cm³/mol. The summed E-state index contributed by atoms with van der Waals surface area (Å²) in [5.74, 6) is 0.270. The fourth-order valence-corrected chi connectivity index (χ4v) is 1.30. The first-order chi connectivity index (χ1) is 6.81. The topological polar surface area (TPSA) is 70.9 Å². The molecule has 0 spiro atoms. The third-order valence-electron chi connectivity index (χ3n) is 1.91. The van der Waals surface area contributed by atoms with Gasteiger partial charge in [-0.1, -0.05) is 18.2 Å². The van der Waals surface area contributed by atoms with E-state index in [2.05, 4.69) is 0 Å². The molecule has 0 fully saturated rings. The summed E-state index contributed by atoms with van der Waals surface area (Å²) < 4.78 is 10.2. The maximum Gasteiger partial charge on any atom is 0.379 e. The van der Waals surface area contributed by atoms with E-state index in [1.165, 1.54) is 0 Å². The van der Waals surface area contributed by atoms with Crippen molar-refractivity contribution >= 4 is 11.0 Å². The fourth-order valence-electron chi connectivity index (χ4n) is 1.30. The minimum absolute atomic E-state index is 0. The molecule has 0 aliphatic rings. The van der Waals surface area contributed by atoms with Crippen LogP contribution in [0.5, 0.6) is 5.75 Å². The zero-order chi connectivity index (χ0) is 9.97. The van der Waals surface area contributed by atoms with Gasteiger partial charge in [0.2, 0.25) is 5.75 Å². The van der Waals surface area contributed by atoms with Crippen LogP contribution in [-0.4, -0.2) is 12.1 Å². The lowest BCUT2D eigenvalue weighted by atomic mass is 10.2. The van der Waals surface area contributed by atoms with Gasteiger partial charge in [-0.15, -0.1) is 0 Å². The molecule has 0 bridgehead atoms. The lowest BCUT2D eigenvalue weighted by Crippen LogP contribution is -2.05. The van der Waals surface area contributed by atoms with Crippen LogP contribution < -0.4 is 10.4 Å². The Kier molecular flexibility index (Phi) is 3.46. The van der Waals surface area contributed by atoms with Gasteiger partial charge in [0.25, 0.3) is 0 Å². The van der Waals surface area contributed by atoms with Crippen LogP contribution in [-0.2, 0) is 0 Å². The van der Waals surface area contributed by atoms with Gasteiger partial charge in [-0.25, -0.2) is 4.79 Å². The fraction of sp³-hybridized carbons (Fsp3) is 0.182. The molecule has 0 unspecified atom stereocenters. The van der Waals surface area contributed by atoms with Gasteiger partial charge in [-0.2, -0.15) is 0 Å². The van der Waals surface area contributed by atoms with Crippen molar-refractivity contribution in [2.45, 2.75) is 6.92 Å². The standard InChI is InChI=1S/C11H10O3.H2O/c1-2-13-10-7-8-5-3-4-6-9(8)14-11(10)12;/h3-7H,2H2,1H3;1H2. The highest BCUT2D eigenvalue weighted by atomic mass is 16.5. The smallest absolute Gasteiger partial charge is 0.379 e. The van der Waals surface area contributed by atoms with Crippen molar-refractivity contribution in [3.05, 3.63) is 40.8 Å². The summed E-state index contributed by atoms with van der Waals surface area (Å²) in [7, 11) is 0. The van der Waals surface area contributed by atoms with E-state index in [1.54, 1.807) is 12.1 Å². The molecule has 2 rings (SSSR count). The molecular formula is C11H12O4. The molecule has 1 heterocycles. The monoisotopic (exact) mass is 208 g/mol. The molecule has 0 aliphatic heterocycles. The summed E-state index contributed by atoms with van der Waals surface area (Å²) in [6.07, 6.45) is 0. The first kappa shape index (κ1) is 11.3. The van der Waals surface area contributed by atoms with Crippen molar-refractivity contribution in [2.75, 3.05) is 6.61 Å². The molecule has 0 atom stereocenters. The van der Waals surface area contributed by atoms with Gasteiger partial charge >= 0.3 is 5.63 Å². The van der Waals surface area contributed by atoms with Crippen LogP contribution in [0.3, 0.4) is 0 Å². The lowest BCUT2D eigenvalue weighted by molar-refractivity contribution is 0.322. The highest BCUT2D eigenvalue weighted by molar-refractivity contribution is 5.77. The second-order valence-corrected chi connectivity index (χ2v) is 2.87. The van der Waals surface area contributed by atoms with E-state index < -0.39 is 5.63 Å². The summed E-state index contributed by atoms with van der Waals surface area (Å²) in [6, 6.07) is 9.04. The Bertz CT molecular complexity index is 501. The number of rotatable bonds is 2. The molecule has 0 radical (unpaired) electrons. The van der Waals surface area contributed by atoms with E-state index in [4.69, 9.17) is 9.15 Å². The third kappa shape index (κ3) is 2.16. The Hall–Kier alpha value is -1.81. The first-order valence-corrected chi connectivity index (χ1v) is 4.47. The van der Waals surface area contributed by atoms with Crippen LogP contribution in [0.1, 0.15) is 6.92 Å². The van der Waals surface area contributed by atoms with Gasteiger partial charge in [0.05, 0.1) is 6.61 Å². The second-order valence-electron chi connectivity index (χ2n) is 2.87. The van der Waals surface area contributed by atoms with Crippen molar-refractivity contribution in [3.8, 4) is 5.75 Å². The molecule has 0 amide bonds. The number of hydrogen-bond acceptors (Lipinski definition) is 3. The van der Waals surface area contributed by atoms with Crippen molar-refractivity contribution in [1.82, 2.24) is 0 Å². The van der Waals surface area contributed by atoms with E-state index >= 15 is 0 Å². The Labute approximate surface area is 86.4 Å².